The Morgan fingerprint density at radius 1 is 1.50 bits per heavy atom. The number of aryl methyl sites for hydroxylation is 1. The van der Waals surface area contributed by atoms with Gasteiger partial charge in [-0.1, -0.05) is 29.8 Å². The molecule has 0 radical (unpaired) electrons. The molecule has 0 saturated carbocycles. The molecule has 100 valence electrons. The van der Waals surface area contributed by atoms with Crippen molar-refractivity contribution in [1.29, 1.82) is 0 Å². The van der Waals surface area contributed by atoms with Crippen LogP contribution in [0.2, 0.25) is 0 Å². The quantitative estimate of drug-likeness (QED) is 0.830. The van der Waals surface area contributed by atoms with Crippen LogP contribution in [-0.4, -0.2) is 24.0 Å². The molecule has 0 fully saturated rings. The van der Waals surface area contributed by atoms with E-state index < -0.39 is 6.04 Å². The first-order valence-electron chi connectivity index (χ1n) is 6.16. The van der Waals surface area contributed by atoms with Gasteiger partial charge in [-0.2, -0.15) is 11.8 Å². The van der Waals surface area contributed by atoms with Gasteiger partial charge in [0.1, 0.15) is 0 Å². The van der Waals surface area contributed by atoms with Gasteiger partial charge < -0.3 is 11.1 Å². The van der Waals surface area contributed by atoms with E-state index in [1.54, 1.807) is 11.8 Å². The van der Waals surface area contributed by atoms with E-state index in [0.29, 0.717) is 6.42 Å². The molecule has 3 nitrogen and oxygen atoms in total. The largest absolute Gasteiger partial charge is 0.348 e. The average Bonchev–Trinajstić information content (AvgIpc) is 2.35. The zero-order valence-corrected chi connectivity index (χ0v) is 12.1. The number of nitrogens with one attached hydrogen (secondary N) is 1. The first-order chi connectivity index (χ1) is 8.54. The molecule has 0 unspecified atom stereocenters. The number of nitrogens with two attached hydrogens (primary N) is 1. The van der Waals surface area contributed by atoms with Crippen molar-refractivity contribution in [1.82, 2.24) is 5.32 Å². The maximum Gasteiger partial charge on any atom is 0.237 e. The fourth-order valence-corrected chi connectivity index (χ4v) is 2.21. The summed E-state index contributed by atoms with van der Waals surface area (Å²) >= 11 is 1.70. The predicted octanol–water partition coefficient (Wildman–Crippen LogP) is 2.25. The summed E-state index contributed by atoms with van der Waals surface area (Å²) < 4.78 is 0. The van der Waals surface area contributed by atoms with E-state index in [0.717, 1.165) is 11.3 Å². The number of rotatable bonds is 6. The van der Waals surface area contributed by atoms with E-state index in [1.165, 1.54) is 5.56 Å². The number of amides is 1. The van der Waals surface area contributed by atoms with Gasteiger partial charge in [-0.25, -0.2) is 0 Å². The summed E-state index contributed by atoms with van der Waals surface area (Å²) in [7, 11) is 0. The Balaban J connectivity index is 2.54. The highest BCUT2D eigenvalue weighted by Gasteiger charge is 2.16. The van der Waals surface area contributed by atoms with Crippen molar-refractivity contribution in [2.75, 3.05) is 12.0 Å². The molecule has 3 N–H and O–H groups in total. The van der Waals surface area contributed by atoms with Crippen molar-refractivity contribution in [3.05, 3.63) is 35.4 Å². The molecule has 0 aliphatic rings. The van der Waals surface area contributed by atoms with Crippen LogP contribution in [0, 0.1) is 6.92 Å². The number of hydrogen-bond acceptors (Lipinski definition) is 3. The van der Waals surface area contributed by atoms with Gasteiger partial charge in [0, 0.05) is 0 Å². The topological polar surface area (TPSA) is 55.1 Å². The second kappa shape index (κ2) is 7.44. The fraction of sp³-hybridized carbons (Fsp3) is 0.500. The molecule has 0 heterocycles. The Morgan fingerprint density at radius 2 is 2.22 bits per heavy atom. The summed E-state index contributed by atoms with van der Waals surface area (Å²) in [4.78, 5) is 11.9. The van der Waals surface area contributed by atoms with Crippen molar-refractivity contribution in [3.8, 4) is 0 Å². The molecule has 4 heteroatoms. The predicted molar refractivity (Wildman–Crippen MR) is 78.7 cm³/mol. The monoisotopic (exact) mass is 266 g/mol. The van der Waals surface area contributed by atoms with Crippen molar-refractivity contribution >= 4 is 17.7 Å². The maximum absolute atomic E-state index is 11.9. The SMILES string of the molecule is CSCC[C@H](N)C(=O)N[C@H](C)c1cccc(C)c1. The van der Waals surface area contributed by atoms with Crippen LogP contribution < -0.4 is 11.1 Å². The van der Waals surface area contributed by atoms with E-state index in [2.05, 4.69) is 11.4 Å². The van der Waals surface area contributed by atoms with Crippen LogP contribution in [0.25, 0.3) is 0 Å². The highest BCUT2D eigenvalue weighted by atomic mass is 32.2. The minimum absolute atomic E-state index is 0.00210. The lowest BCUT2D eigenvalue weighted by Crippen LogP contribution is -2.41. The molecule has 18 heavy (non-hydrogen) atoms. The zero-order valence-electron chi connectivity index (χ0n) is 11.3. The Hall–Kier alpha value is -1.00. The maximum atomic E-state index is 11.9. The molecule has 0 aliphatic carbocycles. The third-order valence-electron chi connectivity index (χ3n) is 2.87. The number of thioether (sulfide) groups is 1. The van der Waals surface area contributed by atoms with E-state index in [9.17, 15) is 4.79 Å². The smallest absolute Gasteiger partial charge is 0.237 e. The molecular formula is C14H22N2OS. The fourth-order valence-electron chi connectivity index (χ4n) is 1.72. The summed E-state index contributed by atoms with van der Waals surface area (Å²) in [5.74, 6) is 0.839. The number of benzene rings is 1. The molecule has 2 atom stereocenters. The van der Waals surface area contributed by atoms with Crippen LogP contribution in [0.4, 0.5) is 0 Å². The first-order valence-corrected chi connectivity index (χ1v) is 7.55. The lowest BCUT2D eigenvalue weighted by molar-refractivity contribution is -0.123. The van der Waals surface area contributed by atoms with Gasteiger partial charge in [0.25, 0.3) is 0 Å². The van der Waals surface area contributed by atoms with E-state index in [4.69, 9.17) is 5.73 Å². The van der Waals surface area contributed by atoms with Gasteiger partial charge in [0.05, 0.1) is 12.1 Å². The van der Waals surface area contributed by atoms with Gasteiger partial charge in [0.15, 0.2) is 0 Å². The average molecular weight is 266 g/mol. The highest BCUT2D eigenvalue weighted by molar-refractivity contribution is 7.98. The Labute approximate surface area is 114 Å². The molecule has 0 aromatic heterocycles. The number of hydrogen-bond donors (Lipinski definition) is 2. The highest BCUT2D eigenvalue weighted by Crippen LogP contribution is 2.14. The molecule has 0 saturated heterocycles. The molecule has 0 spiro atoms. The zero-order chi connectivity index (χ0) is 13.5. The van der Waals surface area contributed by atoms with Crippen LogP contribution in [-0.2, 0) is 4.79 Å². The Bertz CT molecular complexity index is 395. The Kier molecular flexibility index (Phi) is 6.22. The minimum Gasteiger partial charge on any atom is -0.348 e. The van der Waals surface area contributed by atoms with E-state index >= 15 is 0 Å². The van der Waals surface area contributed by atoms with Crippen LogP contribution in [0.15, 0.2) is 24.3 Å². The minimum atomic E-state index is -0.412. The molecule has 1 amide bonds. The van der Waals surface area contributed by atoms with Crippen molar-refractivity contribution in [2.45, 2.75) is 32.4 Å². The molecule has 1 aromatic rings. The molecular weight excluding hydrogens is 244 g/mol. The van der Waals surface area contributed by atoms with Crippen LogP contribution in [0.3, 0.4) is 0 Å². The van der Waals surface area contributed by atoms with Crippen LogP contribution >= 0.6 is 11.8 Å². The standard InChI is InChI=1S/C14H22N2OS/c1-10-5-4-6-12(9-10)11(2)16-14(17)13(15)7-8-18-3/h4-6,9,11,13H,7-8,15H2,1-3H3,(H,16,17)/t11-,13+/m1/s1. The first kappa shape index (κ1) is 15.1. The number of carbonyl (C=O) groups excluding carboxylic acids is 1. The van der Waals surface area contributed by atoms with Crippen LogP contribution in [0.5, 0.6) is 0 Å². The van der Waals surface area contributed by atoms with Crippen molar-refractivity contribution in [3.63, 3.8) is 0 Å². The molecule has 1 rings (SSSR count). The van der Waals surface area contributed by atoms with Crippen molar-refractivity contribution in [2.24, 2.45) is 5.73 Å². The summed E-state index contributed by atoms with van der Waals surface area (Å²) in [5, 5.41) is 2.96. The summed E-state index contributed by atoms with van der Waals surface area (Å²) in [6.07, 6.45) is 2.73. The van der Waals surface area contributed by atoms with Gasteiger partial charge in [-0.3, -0.25) is 4.79 Å². The normalized spacial score (nSPS) is 14.0. The lowest BCUT2D eigenvalue weighted by atomic mass is 10.1. The third kappa shape index (κ3) is 4.70. The van der Waals surface area contributed by atoms with Gasteiger partial charge in [-0.15, -0.1) is 0 Å². The second-order valence-corrected chi connectivity index (χ2v) is 5.52. The van der Waals surface area contributed by atoms with E-state index in [1.807, 2.05) is 38.3 Å². The second-order valence-electron chi connectivity index (χ2n) is 4.53. The third-order valence-corrected chi connectivity index (χ3v) is 3.51. The molecule has 0 aliphatic heterocycles. The molecule has 1 aromatic carbocycles. The molecule has 0 bridgehead atoms. The number of carbonyl (C=O) groups is 1. The van der Waals surface area contributed by atoms with E-state index in [-0.39, 0.29) is 11.9 Å². The van der Waals surface area contributed by atoms with Gasteiger partial charge >= 0.3 is 0 Å². The lowest BCUT2D eigenvalue weighted by Gasteiger charge is -2.18. The van der Waals surface area contributed by atoms with Gasteiger partial charge in [0.2, 0.25) is 5.91 Å². The summed E-state index contributed by atoms with van der Waals surface area (Å²) in [5.41, 5.74) is 8.14. The van der Waals surface area contributed by atoms with Crippen LogP contribution in [0.1, 0.15) is 30.5 Å². The van der Waals surface area contributed by atoms with Gasteiger partial charge in [-0.05, 0) is 37.8 Å². The summed E-state index contributed by atoms with van der Waals surface area (Å²) in [6.45, 7) is 4.02. The Morgan fingerprint density at radius 3 is 2.83 bits per heavy atom. The van der Waals surface area contributed by atoms with Crippen molar-refractivity contribution < 1.29 is 4.79 Å². The summed E-state index contributed by atoms with van der Waals surface area (Å²) in [6, 6.07) is 7.73.